The Balaban J connectivity index is 1.59. The summed E-state index contributed by atoms with van der Waals surface area (Å²) in [7, 11) is 3.03. The number of nitrogens with one attached hydrogen (secondary N) is 2. The number of halogens is 2. The number of methoxy groups -OCH3 is 2. The number of hydrogen-bond donors (Lipinski definition) is 2. The number of thioether (sulfide) groups is 1. The van der Waals surface area contributed by atoms with Crippen molar-refractivity contribution in [3.8, 4) is 17.2 Å². The zero-order valence-electron chi connectivity index (χ0n) is 20.4. The molecule has 4 rings (SSSR count). The van der Waals surface area contributed by atoms with Gasteiger partial charge in [-0.1, -0.05) is 17.8 Å². The molecule has 38 heavy (non-hydrogen) atoms. The third-order valence-electron chi connectivity index (χ3n) is 5.28. The summed E-state index contributed by atoms with van der Waals surface area (Å²) in [6, 6.07) is 15.9. The third-order valence-corrected chi connectivity index (χ3v) is 6.21. The van der Waals surface area contributed by atoms with Crippen LogP contribution in [0.15, 0.2) is 71.9 Å². The van der Waals surface area contributed by atoms with Crippen molar-refractivity contribution in [3.63, 3.8) is 0 Å². The predicted octanol–water partition coefficient (Wildman–Crippen LogP) is 4.22. The van der Waals surface area contributed by atoms with E-state index in [9.17, 15) is 18.4 Å². The molecular weight excluding hydrogens is 516 g/mol. The lowest BCUT2D eigenvalue weighted by molar-refractivity contribution is -0.113. The van der Waals surface area contributed by atoms with E-state index >= 15 is 0 Å². The molecule has 9 nitrogen and oxygen atoms in total. The third kappa shape index (κ3) is 6.45. The van der Waals surface area contributed by atoms with Crippen LogP contribution in [0.2, 0.25) is 0 Å². The summed E-state index contributed by atoms with van der Waals surface area (Å²) in [4.78, 5) is 25.1. The molecule has 4 aromatic rings. The van der Waals surface area contributed by atoms with Crippen LogP contribution in [0.3, 0.4) is 0 Å². The Morgan fingerprint density at radius 1 is 0.947 bits per heavy atom. The Morgan fingerprint density at radius 2 is 1.74 bits per heavy atom. The van der Waals surface area contributed by atoms with Gasteiger partial charge in [-0.2, -0.15) is 0 Å². The van der Waals surface area contributed by atoms with Crippen LogP contribution in [0.25, 0.3) is 5.69 Å². The average Bonchev–Trinajstić information content (AvgIpc) is 3.34. The monoisotopic (exact) mass is 539 g/mol. The number of carbonyl (C=O) groups is 2. The highest BCUT2D eigenvalue weighted by Crippen LogP contribution is 2.32. The van der Waals surface area contributed by atoms with Crippen LogP contribution >= 0.6 is 11.8 Å². The van der Waals surface area contributed by atoms with Crippen molar-refractivity contribution in [2.75, 3.05) is 25.3 Å². The fraction of sp³-hybridized carbons (Fsp3) is 0.154. The number of nitrogens with zero attached hydrogens (tertiary/aromatic N) is 3. The van der Waals surface area contributed by atoms with E-state index in [-0.39, 0.29) is 23.8 Å². The molecule has 0 fully saturated rings. The summed E-state index contributed by atoms with van der Waals surface area (Å²) >= 11 is 1.10. The van der Waals surface area contributed by atoms with Gasteiger partial charge in [0, 0.05) is 17.3 Å². The van der Waals surface area contributed by atoms with Gasteiger partial charge in [-0.05, 0) is 54.6 Å². The van der Waals surface area contributed by atoms with Crippen LogP contribution in [0.5, 0.6) is 11.5 Å². The molecule has 2 amide bonds. The van der Waals surface area contributed by atoms with Gasteiger partial charge in [-0.3, -0.25) is 14.2 Å². The summed E-state index contributed by atoms with van der Waals surface area (Å²) in [6.45, 7) is -0.0505. The van der Waals surface area contributed by atoms with Crippen molar-refractivity contribution >= 4 is 29.3 Å². The molecule has 0 bridgehead atoms. The fourth-order valence-corrected chi connectivity index (χ4v) is 4.24. The van der Waals surface area contributed by atoms with Gasteiger partial charge in [-0.15, -0.1) is 10.2 Å². The predicted molar refractivity (Wildman–Crippen MR) is 138 cm³/mol. The number of benzene rings is 3. The first kappa shape index (κ1) is 26.6. The lowest BCUT2D eigenvalue weighted by Gasteiger charge is -2.15. The first-order chi connectivity index (χ1) is 18.4. The van der Waals surface area contributed by atoms with Crippen LogP contribution in [-0.2, 0) is 11.3 Å². The van der Waals surface area contributed by atoms with E-state index in [4.69, 9.17) is 9.47 Å². The number of hydrogen-bond acceptors (Lipinski definition) is 7. The van der Waals surface area contributed by atoms with Gasteiger partial charge in [0.05, 0.1) is 32.2 Å². The smallest absolute Gasteiger partial charge is 0.251 e. The van der Waals surface area contributed by atoms with Crippen molar-refractivity contribution in [2.24, 2.45) is 0 Å². The minimum absolute atomic E-state index is 0.0303. The molecule has 1 aromatic heterocycles. The van der Waals surface area contributed by atoms with E-state index in [1.807, 2.05) is 0 Å². The molecule has 0 saturated heterocycles. The molecular formula is C26H23F2N5O4S. The summed E-state index contributed by atoms with van der Waals surface area (Å²) in [5, 5.41) is 14.2. The highest BCUT2D eigenvalue weighted by atomic mass is 32.2. The quantitative estimate of drug-likeness (QED) is 0.291. The van der Waals surface area contributed by atoms with Gasteiger partial charge in [0.1, 0.15) is 23.1 Å². The highest BCUT2D eigenvalue weighted by molar-refractivity contribution is 7.99. The molecule has 3 aromatic carbocycles. The zero-order chi connectivity index (χ0) is 27.1. The lowest BCUT2D eigenvalue weighted by atomic mass is 10.2. The average molecular weight is 540 g/mol. The maximum Gasteiger partial charge on any atom is 0.251 e. The van der Waals surface area contributed by atoms with Crippen LogP contribution in [0.1, 0.15) is 16.2 Å². The second-order valence-corrected chi connectivity index (χ2v) is 8.75. The molecule has 12 heteroatoms. The van der Waals surface area contributed by atoms with Gasteiger partial charge >= 0.3 is 0 Å². The molecule has 0 spiro atoms. The van der Waals surface area contributed by atoms with Gasteiger partial charge in [0.2, 0.25) is 5.91 Å². The lowest BCUT2D eigenvalue weighted by Crippen LogP contribution is -2.25. The molecule has 0 atom stereocenters. The molecule has 196 valence electrons. The van der Waals surface area contributed by atoms with E-state index in [0.717, 1.165) is 17.8 Å². The Hall–Kier alpha value is -4.45. The van der Waals surface area contributed by atoms with E-state index < -0.39 is 17.5 Å². The largest absolute Gasteiger partial charge is 0.497 e. The van der Waals surface area contributed by atoms with E-state index in [0.29, 0.717) is 33.9 Å². The van der Waals surface area contributed by atoms with E-state index in [1.165, 1.54) is 56.7 Å². The Kier molecular flexibility index (Phi) is 8.54. The maximum atomic E-state index is 13.6. The van der Waals surface area contributed by atoms with Crippen LogP contribution in [-0.4, -0.2) is 46.6 Å². The minimum atomic E-state index is -0.528. The first-order valence-electron chi connectivity index (χ1n) is 11.3. The Bertz CT molecular complexity index is 1450. The van der Waals surface area contributed by atoms with Gasteiger partial charge in [0.25, 0.3) is 5.91 Å². The summed E-state index contributed by atoms with van der Waals surface area (Å²) in [5.74, 6) is -0.455. The second kappa shape index (κ2) is 12.2. The first-order valence-corrected chi connectivity index (χ1v) is 12.2. The Labute approximate surface area is 221 Å². The molecule has 0 aliphatic carbocycles. The molecule has 2 N–H and O–H groups in total. The van der Waals surface area contributed by atoms with Crippen molar-refractivity contribution in [1.29, 1.82) is 0 Å². The van der Waals surface area contributed by atoms with Gasteiger partial charge in [0.15, 0.2) is 11.0 Å². The molecule has 0 aliphatic heterocycles. The van der Waals surface area contributed by atoms with Crippen molar-refractivity contribution in [2.45, 2.75) is 11.7 Å². The molecule has 1 heterocycles. The number of anilines is 1. The summed E-state index contributed by atoms with van der Waals surface area (Å²) in [6.07, 6.45) is 0. The zero-order valence-corrected chi connectivity index (χ0v) is 21.2. The van der Waals surface area contributed by atoms with Crippen molar-refractivity contribution < 1.29 is 27.8 Å². The number of rotatable bonds is 10. The topological polar surface area (TPSA) is 107 Å². The fourth-order valence-electron chi connectivity index (χ4n) is 3.47. The van der Waals surface area contributed by atoms with Crippen LogP contribution < -0.4 is 20.1 Å². The summed E-state index contributed by atoms with van der Waals surface area (Å²) in [5.41, 5.74) is 1.13. The van der Waals surface area contributed by atoms with E-state index in [2.05, 4.69) is 20.8 Å². The summed E-state index contributed by atoms with van der Waals surface area (Å²) < 4.78 is 39.2. The maximum absolute atomic E-state index is 13.6. The normalized spacial score (nSPS) is 10.6. The number of amides is 2. The standard InChI is InChI=1S/C26H23F2N5O4S/c1-36-20-10-11-22(37-2)21(13-20)33-23(14-29-25(35)16-4-3-5-18(28)12-16)31-32-26(33)38-15-24(34)30-19-8-6-17(27)7-9-19/h3-13H,14-15H2,1-2H3,(H,29,35)(H,30,34). The van der Waals surface area contributed by atoms with E-state index in [1.54, 1.807) is 22.8 Å². The number of aromatic nitrogens is 3. The van der Waals surface area contributed by atoms with Gasteiger partial charge in [-0.25, -0.2) is 8.78 Å². The second-order valence-electron chi connectivity index (χ2n) is 7.81. The van der Waals surface area contributed by atoms with Gasteiger partial charge < -0.3 is 20.1 Å². The number of ether oxygens (including phenoxy) is 2. The molecule has 0 aliphatic rings. The number of carbonyl (C=O) groups excluding carboxylic acids is 2. The van der Waals surface area contributed by atoms with Crippen LogP contribution in [0, 0.1) is 11.6 Å². The SMILES string of the molecule is COc1ccc(OC)c(-n2c(CNC(=O)c3cccc(F)c3)nnc2SCC(=O)Nc2ccc(F)cc2)c1. The van der Waals surface area contributed by atoms with Crippen LogP contribution in [0.4, 0.5) is 14.5 Å². The highest BCUT2D eigenvalue weighted by Gasteiger charge is 2.20. The Morgan fingerprint density at radius 3 is 2.45 bits per heavy atom. The van der Waals surface area contributed by atoms with Crippen molar-refractivity contribution in [1.82, 2.24) is 20.1 Å². The van der Waals surface area contributed by atoms with Crippen molar-refractivity contribution in [3.05, 3.63) is 89.8 Å². The molecule has 0 saturated carbocycles. The minimum Gasteiger partial charge on any atom is -0.497 e. The molecule has 0 radical (unpaired) electrons. The molecule has 0 unspecified atom stereocenters.